The predicted octanol–water partition coefficient (Wildman–Crippen LogP) is 1.81. The summed E-state index contributed by atoms with van der Waals surface area (Å²) in [6.45, 7) is 4.11. The van der Waals surface area contributed by atoms with Crippen LogP contribution < -0.4 is 0 Å². The van der Waals surface area contributed by atoms with Crippen molar-refractivity contribution in [3.05, 3.63) is 0 Å². The largest absolute Gasteiger partial charge is 0.392 e. The predicted molar refractivity (Wildman–Crippen MR) is 35.0 cm³/mol. The molecule has 0 saturated heterocycles. The molecule has 2 nitrogen and oxygen atoms in total. The lowest BCUT2D eigenvalue weighted by molar-refractivity contribution is 0.0829. The highest BCUT2D eigenvalue weighted by molar-refractivity contribution is 5.82. The molecule has 0 aromatic carbocycles. The Morgan fingerprint density at radius 3 is 3.00 bits per heavy atom. The van der Waals surface area contributed by atoms with Crippen molar-refractivity contribution in [3.8, 4) is 0 Å². The van der Waals surface area contributed by atoms with Crippen LogP contribution in [0.4, 0.5) is 0 Å². The van der Waals surface area contributed by atoms with Crippen molar-refractivity contribution in [2.75, 3.05) is 0 Å². The number of nitrogens with zero attached hydrogens (tertiary/aromatic N) is 1. The van der Waals surface area contributed by atoms with Crippen LogP contribution in [0.3, 0.4) is 0 Å². The molecule has 48 valence electrons. The molecule has 0 amide bonds. The lowest BCUT2D eigenvalue weighted by atomic mass is 10.2. The Bertz CT molecular complexity index is 114. The minimum atomic E-state index is 0. The smallest absolute Gasteiger partial charge is 0.132 e. The maximum Gasteiger partial charge on any atom is 0.132 e. The van der Waals surface area contributed by atoms with Gasteiger partial charge in [0, 0.05) is 7.85 Å². The minimum Gasteiger partial charge on any atom is -0.392 e. The van der Waals surface area contributed by atoms with Crippen LogP contribution in [0.2, 0.25) is 0 Å². The van der Waals surface area contributed by atoms with E-state index in [2.05, 4.69) is 12.1 Å². The molecule has 0 spiro atoms. The van der Waals surface area contributed by atoms with Gasteiger partial charge >= 0.3 is 0 Å². The van der Waals surface area contributed by atoms with Crippen molar-refractivity contribution in [3.63, 3.8) is 0 Å². The zero-order chi connectivity index (χ0) is 5.98. The molecule has 0 aliphatic carbocycles. The molecule has 0 fully saturated rings. The van der Waals surface area contributed by atoms with E-state index in [4.69, 9.17) is 4.84 Å². The van der Waals surface area contributed by atoms with Gasteiger partial charge in [-0.1, -0.05) is 12.1 Å². The third-order valence-electron chi connectivity index (χ3n) is 1.34. The van der Waals surface area contributed by atoms with Gasteiger partial charge in [-0.3, -0.25) is 0 Å². The number of hydrogen-bond donors (Lipinski definition) is 0. The van der Waals surface area contributed by atoms with Gasteiger partial charge in [0.1, 0.15) is 6.10 Å². The summed E-state index contributed by atoms with van der Waals surface area (Å²) in [5.74, 6) is 0. The van der Waals surface area contributed by atoms with Gasteiger partial charge in [0.15, 0.2) is 0 Å². The number of rotatable bonds is 1. The summed E-state index contributed by atoms with van der Waals surface area (Å²) in [7, 11) is 0. The van der Waals surface area contributed by atoms with E-state index in [9.17, 15) is 0 Å². The number of oxime groups is 1. The summed E-state index contributed by atoms with van der Waals surface area (Å²) in [5.41, 5.74) is 1.12. The molecule has 1 aliphatic heterocycles. The van der Waals surface area contributed by atoms with Crippen molar-refractivity contribution >= 4 is 5.71 Å². The average molecular weight is 115 g/mol. The van der Waals surface area contributed by atoms with E-state index >= 15 is 0 Å². The SMILES string of the molecule is CCC1CC(C)=NO1.[HH]. The van der Waals surface area contributed by atoms with Crippen molar-refractivity contribution in [2.24, 2.45) is 5.16 Å². The van der Waals surface area contributed by atoms with E-state index in [-0.39, 0.29) is 1.43 Å². The normalized spacial score (nSPS) is 27.2. The van der Waals surface area contributed by atoms with E-state index in [1.807, 2.05) is 6.92 Å². The summed E-state index contributed by atoms with van der Waals surface area (Å²) in [4.78, 5) is 5.00. The molecule has 0 aromatic heterocycles. The Kier molecular flexibility index (Phi) is 1.51. The monoisotopic (exact) mass is 115 g/mol. The topological polar surface area (TPSA) is 21.6 Å². The molecule has 8 heavy (non-hydrogen) atoms. The standard InChI is InChI=1S/C6H11NO.H2/c1-3-6-4-5(2)7-8-6;/h6H,3-4H2,1-2H3;1H. The van der Waals surface area contributed by atoms with Gasteiger partial charge in [0.2, 0.25) is 0 Å². The fourth-order valence-electron chi connectivity index (χ4n) is 0.787. The molecule has 0 saturated carbocycles. The van der Waals surface area contributed by atoms with Gasteiger partial charge in [0.05, 0.1) is 5.71 Å². The van der Waals surface area contributed by atoms with Crippen molar-refractivity contribution < 1.29 is 6.26 Å². The third-order valence-corrected chi connectivity index (χ3v) is 1.34. The molecular formula is C6H13NO. The fraction of sp³-hybridized carbons (Fsp3) is 0.833. The second kappa shape index (κ2) is 2.16. The maximum atomic E-state index is 5.00. The van der Waals surface area contributed by atoms with E-state index in [1.165, 1.54) is 0 Å². The highest BCUT2D eigenvalue weighted by atomic mass is 16.6. The Morgan fingerprint density at radius 1 is 2.00 bits per heavy atom. The molecule has 1 heterocycles. The van der Waals surface area contributed by atoms with Crippen LogP contribution in [0.15, 0.2) is 5.16 Å². The molecular weight excluding hydrogens is 102 g/mol. The third kappa shape index (κ3) is 0.997. The van der Waals surface area contributed by atoms with E-state index in [1.54, 1.807) is 0 Å². The first kappa shape index (κ1) is 5.60. The second-order valence-corrected chi connectivity index (χ2v) is 2.17. The molecule has 0 radical (unpaired) electrons. The van der Waals surface area contributed by atoms with Crippen LogP contribution in [-0.2, 0) is 4.84 Å². The van der Waals surface area contributed by atoms with E-state index < -0.39 is 0 Å². The zero-order valence-corrected chi connectivity index (χ0v) is 5.35. The zero-order valence-electron chi connectivity index (χ0n) is 5.35. The first-order chi connectivity index (χ1) is 3.83. The highest BCUT2D eigenvalue weighted by Gasteiger charge is 2.14. The molecule has 1 atom stereocenters. The van der Waals surface area contributed by atoms with E-state index in [0.717, 1.165) is 18.6 Å². The summed E-state index contributed by atoms with van der Waals surface area (Å²) in [6.07, 6.45) is 2.46. The van der Waals surface area contributed by atoms with Crippen LogP contribution >= 0.6 is 0 Å². The van der Waals surface area contributed by atoms with Crippen LogP contribution in [0.5, 0.6) is 0 Å². The molecule has 0 bridgehead atoms. The van der Waals surface area contributed by atoms with Crippen molar-refractivity contribution in [1.29, 1.82) is 0 Å². The Balaban J connectivity index is 0.000000640. The van der Waals surface area contributed by atoms with Crippen LogP contribution in [-0.4, -0.2) is 11.8 Å². The van der Waals surface area contributed by atoms with Gasteiger partial charge in [0.25, 0.3) is 0 Å². The maximum absolute atomic E-state index is 5.00. The second-order valence-electron chi connectivity index (χ2n) is 2.17. The first-order valence-electron chi connectivity index (χ1n) is 3.02. The van der Waals surface area contributed by atoms with Gasteiger partial charge in [-0.15, -0.1) is 0 Å². The van der Waals surface area contributed by atoms with Crippen LogP contribution in [0.1, 0.15) is 28.1 Å². The lowest BCUT2D eigenvalue weighted by Crippen LogP contribution is -2.03. The highest BCUT2D eigenvalue weighted by Crippen LogP contribution is 2.11. The molecule has 0 N–H and O–H groups in total. The molecule has 0 aromatic rings. The van der Waals surface area contributed by atoms with Gasteiger partial charge in [-0.05, 0) is 13.3 Å². The Hall–Kier alpha value is -0.530. The van der Waals surface area contributed by atoms with Crippen LogP contribution in [0.25, 0.3) is 0 Å². The lowest BCUT2D eigenvalue weighted by Gasteiger charge is -2.00. The Labute approximate surface area is 51.0 Å². The molecule has 1 aliphatic rings. The van der Waals surface area contributed by atoms with Crippen LogP contribution in [0, 0.1) is 0 Å². The van der Waals surface area contributed by atoms with Crippen molar-refractivity contribution in [2.45, 2.75) is 32.8 Å². The molecule has 1 rings (SSSR count). The van der Waals surface area contributed by atoms with Gasteiger partial charge in [-0.2, -0.15) is 0 Å². The molecule has 1 unspecified atom stereocenters. The number of hydrogen-bond acceptors (Lipinski definition) is 2. The quantitative estimate of drug-likeness (QED) is 0.510. The average Bonchev–Trinajstić information content (AvgIpc) is 2.14. The summed E-state index contributed by atoms with van der Waals surface area (Å²) >= 11 is 0. The molecule has 2 heteroatoms. The minimum absolute atomic E-state index is 0. The van der Waals surface area contributed by atoms with Gasteiger partial charge in [-0.25, -0.2) is 0 Å². The van der Waals surface area contributed by atoms with E-state index in [0.29, 0.717) is 6.10 Å². The van der Waals surface area contributed by atoms with Crippen molar-refractivity contribution in [1.82, 2.24) is 0 Å². The van der Waals surface area contributed by atoms with Gasteiger partial charge < -0.3 is 4.84 Å². The Morgan fingerprint density at radius 2 is 2.75 bits per heavy atom. The summed E-state index contributed by atoms with van der Waals surface area (Å²) in [5, 5.41) is 3.81. The first-order valence-corrected chi connectivity index (χ1v) is 3.02. The summed E-state index contributed by atoms with van der Waals surface area (Å²) in [6, 6.07) is 0. The summed E-state index contributed by atoms with van der Waals surface area (Å²) < 4.78 is 0. The fourth-order valence-corrected chi connectivity index (χ4v) is 0.787.